The molecule has 1 amide bonds. The Morgan fingerprint density at radius 1 is 1.27 bits per heavy atom. The zero-order chi connectivity index (χ0) is 15.9. The highest BCUT2D eigenvalue weighted by molar-refractivity contribution is 5.80. The number of nitrogens with zero attached hydrogens (tertiary/aromatic N) is 1. The van der Waals surface area contributed by atoms with Gasteiger partial charge in [-0.2, -0.15) is 5.26 Å². The normalized spacial score (nSPS) is 24.3. The van der Waals surface area contributed by atoms with E-state index in [1.807, 2.05) is 0 Å². The fraction of sp³-hybridized carbons (Fsp3) is 0.529. The highest BCUT2D eigenvalue weighted by Gasteiger charge is 2.24. The molecular weight excluding hydrogens is 278 g/mol. The molecule has 2 atom stereocenters. The van der Waals surface area contributed by atoms with E-state index in [1.54, 1.807) is 24.3 Å². The number of carbonyl (C=O) groups excluding carboxylic acids is 1. The van der Waals surface area contributed by atoms with E-state index in [9.17, 15) is 4.79 Å². The average molecular weight is 301 g/mol. The molecule has 1 saturated heterocycles. The summed E-state index contributed by atoms with van der Waals surface area (Å²) < 4.78 is 5.70. The quantitative estimate of drug-likeness (QED) is 0.875. The lowest BCUT2D eigenvalue weighted by molar-refractivity contribution is -0.120. The summed E-state index contributed by atoms with van der Waals surface area (Å²) in [5.74, 6) is 0.466. The van der Waals surface area contributed by atoms with E-state index < -0.39 is 0 Å². The molecule has 0 aliphatic carbocycles. The lowest BCUT2D eigenvalue weighted by atomic mass is 9.92. The number of hydrogen-bond donors (Lipinski definition) is 2. The van der Waals surface area contributed by atoms with Gasteiger partial charge in [0.25, 0.3) is 0 Å². The summed E-state index contributed by atoms with van der Waals surface area (Å²) in [6.45, 7) is 5.10. The second kappa shape index (κ2) is 7.81. The molecular formula is C17H23N3O2. The van der Waals surface area contributed by atoms with E-state index in [2.05, 4.69) is 30.6 Å². The van der Waals surface area contributed by atoms with Gasteiger partial charge in [-0.25, -0.2) is 0 Å². The number of anilines is 1. The molecule has 1 aliphatic heterocycles. The van der Waals surface area contributed by atoms with Crippen LogP contribution in [0.4, 0.5) is 5.69 Å². The first kappa shape index (κ1) is 16.3. The maximum Gasteiger partial charge on any atom is 0.239 e. The van der Waals surface area contributed by atoms with Crippen molar-refractivity contribution in [1.29, 1.82) is 5.26 Å². The summed E-state index contributed by atoms with van der Waals surface area (Å²) in [6.07, 6.45) is 2.52. The van der Waals surface area contributed by atoms with Gasteiger partial charge in [-0.1, -0.05) is 0 Å². The van der Waals surface area contributed by atoms with Crippen molar-refractivity contribution in [2.45, 2.75) is 38.9 Å². The smallest absolute Gasteiger partial charge is 0.239 e. The maximum atomic E-state index is 11.9. The second-order valence-electron chi connectivity index (χ2n) is 5.94. The van der Waals surface area contributed by atoms with Crippen LogP contribution in [0.5, 0.6) is 0 Å². The Morgan fingerprint density at radius 2 is 1.91 bits per heavy atom. The van der Waals surface area contributed by atoms with Crippen molar-refractivity contribution in [2.75, 3.05) is 18.4 Å². The molecule has 1 fully saturated rings. The molecule has 2 unspecified atom stereocenters. The highest BCUT2D eigenvalue weighted by Crippen LogP contribution is 2.23. The van der Waals surface area contributed by atoms with Crippen molar-refractivity contribution in [3.63, 3.8) is 0 Å². The number of nitriles is 1. The molecule has 2 rings (SSSR count). The molecule has 0 radical (unpaired) electrons. The summed E-state index contributed by atoms with van der Waals surface area (Å²) in [6, 6.07) is 9.12. The molecule has 1 aromatic carbocycles. The molecule has 0 saturated carbocycles. The first-order chi connectivity index (χ1) is 10.6. The van der Waals surface area contributed by atoms with Crippen LogP contribution in [0, 0.1) is 17.2 Å². The summed E-state index contributed by atoms with van der Waals surface area (Å²) in [5, 5.41) is 14.8. The number of nitrogens with one attached hydrogen (secondary N) is 2. The number of hydrogen-bond acceptors (Lipinski definition) is 4. The Morgan fingerprint density at radius 3 is 2.50 bits per heavy atom. The molecule has 1 heterocycles. The van der Waals surface area contributed by atoms with Crippen LogP contribution in [-0.4, -0.2) is 31.2 Å². The first-order valence-corrected chi connectivity index (χ1v) is 7.73. The number of carbonyl (C=O) groups is 1. The van der Waals surface area contributed by atoms with Gasteiger partial charge in [0, 0.05) is 12.2 Å². The van der Waals surface area contributed by atoms with Crippen LogP contribution in [0.2, 0.25) is 0 Å². The molecule has 1 aliphatic rings. The summed E-state index contributed by atoms with van der Waals surface area (Å²) in [5.41, 5.74) is 1.44. The third-order valence-corrected chi connectivity index (χ3v) is 3.85. The van der Waals surface area contributed by atoms with Crippen molar-refractivity contribution in [1.82, 2.24) is 5.32 Å². The van der Waals surface area contributed by atoms with Crippen molar-refractivity contribution in [2.24, 2.45) is 5.92 Å². The summed E-state index contributed by atoms with van der Waals surface area (Å²) >= 11 is 0. The monoisotopic (exact) mass is 301 g/mol. The molecule has 1 aromatic rings. The zero-order valence-electron chi connectivity index (χ0n) is 13.1. The van der Waals surface area contributed by atoms with E-state index in [-0.39, 0.29) is 24.7 Å². The predicted molar refractivity (Wildman–Crippen MR) is 85.4 cm³/mol. The van der Waals surface area contributed by atoms with E-state index in [4.69, 9.17) is 10.00 Å². The Kier molecular flexibility index (Phi) is 5.79. The van der Waals surface area contributed by atoms with Gasteiger partial charge in [-0.05, 0) is 56.9 Å². The lowest BCUT2D eigenvalue weighted by Gasteiger charge is -2.32. The van der Waals surface area contributed by atoms with Gasteiger partial charge in [0.1, 0.15) is 0 Å². The fourth-order valence-corrected chi connectivity index (χ4v) is 2.88. The topological polar surface area (TPSA) is 74.2 Å². The minimum absolute atomic E-state index is 0.0174. The zero-order valence-corrected chi connectivity index (χ0v) is 13.1. The van der Waals surface area contributed by atoms with E-state index in [1.165, 1.54) is 0 Å². The van der Waals surface area contributed by atoms with Gasteiger partial charge >= 0.3 is 0 Å². The number of amides is 1. The third kappa shape index (κ3) is 5.05. The summed E-state index contributed by atoms with van der Waals surface area (Å²) in [7, 11) is 0. The van der Waals surface area contributed by atoms with Gasteiger partial charge in [-0.15, -0.1) is 0 Å². The van der Waals surface area contributed by atoms with Crippen LogP contribution in [0.3, 0.4) is 0 Å². The van der Waals surface area contributed by atoms with Crippen molar-refractivity contribution >= 4 is 11.6 Å². The maximum absolute atomic E-state index is 11.9. The van der Waals surface area contributed by atoms with Crippen LogP contribution in [0.15, 0.2) is 24.3 Å². The standard InChI is InChI=1S/C17H23N3O2/c1-12-7-15(8-13(2)22-12)10-20-17(21)11-19-16-5-3-14(9-18)4-6-16/h3-6,12-13,15,19H,7-8,10-11H2,1-2H3,(H,20,21). The van der Waals surface area contributed by atoms with E-state index in [0.717, 1.165) is 18.5 Å². The van der Waals surface area contributed by atoms with Crippen molar-refractivity contribution < 1.29 is 9.53 Å². The molecule has 5 nitrogen and oxygen atoms in total. The molecule has 0 spiro atoms. The minimum atomic E-state index is -0.0174. The van der Waals surface area contributed by atoms with Crippen LogP contribution in [0.25, 0.3) is 0 Å². The van der Waals surface area contributed by atoms with Crippen LogP contribution in [-0.2, 0) is 9.53 Å². The van der Waals surface area contributed by atoms with Gasteiger partial charge < -0.3 is 15.4 Å². The Labute approximate surface area is 131 Å². The molecule has 5 heteroatoms. The first-order valence-electron chi connectivity index (χ1n) is 7.73. The van der Waals surface area contributed by atoms with E-state index >= 15 is 0 Å². The average Bonchev–Trinajstić information content (AvgIpc) is 2.50. The fourth-order valence-electron chi connectivity index (χ4n) is 2.88. The molecule has 22 heavy (non-hydrogen) atoms. The minimum Gasteiger partial charge on any atom is -0.376 e. The third-order valence-electron chi connectivity index (χ3n) is 3.85. The Balaban J connectivity index is 1.70. The lowest BCUT2D eigenvalue weighted by Crippen LogP contribution is -2.38. The number of benzene rings is 1. The van der Waals surface area contributed by atoms with Crippen LogP contribution in [0.1, 0.15) is 32.3 Å². The van der Waals surface area contributed by atoms with Gasteiger partial charge in [0.05, 0.1) is 30.4 Å². The van der Waals surface area contributed by atoms with Crippen molar-refractivity contribution in [3.8, 4) is 6.07 Å². The Hall–Kier alpha value is -2.06. The number of ether oxygens (including phenoxy) is 1. The van der Waals surface area contributed by atoms with Crippen LogP contribution >= 0.6 is 0 Å². The van der Waals surface area contributed by atoms with Gasteiger partial charge in [0.2, 0.25) is 5.91 Å². The largest absolute Gasteiger partial charge is 0.376 e. The van der Waals surface area contributed by atoms with E-state index in [0.29, 0.717) is 18.0 Å². The highest BCUT2D eigenvalue weighted by atomic mass is 16.5. The van der Waals surface area contributed by atoms with Gasteiger partial charge in [-0.3, -0.25) is 4.79 Å². The van der Waals surface area contributed by atoms with Gasteiger partial charge in [0.15, 0.2) is 0 Å². The van der Waals surface area contributed by atoms with Crippen LogP contribution < -0.4 is 10.6 Å². The van der Waals surface area contributed by atoms with Crippen molar-refractivity contribution in [3.05, 3.63) is 29.8 Å². The molecule has 118 valence electrons. The number of rotatable bonds is 5. The molecule has 2 N–H and O–H groups in total. The SMILES string of the molecule is CC1CC(CNC(=O)CNc2ccc(C#N)cc2)CC(C)O1. The summed E-state index contributed by atoms with van der Waals surface area (Å²) in [4.78, 5) is 11.9. The Bertz CT molecular complexity index is 526. The second-order valence-corrected chi connectivity index (χ2v) is 5.94. The molecule has 0 bridgehead atoms. The predicted octanol–water partition coefficient (Wildman–Crippen LogP) is 2.29. The molecule has 0 aromatic heterocycles.